The van der Waals surface area contributed by atoms with Gasteiger partial charge < -0.3 is 10.6 Å². The second-order valence-electron chi connectivity index (χ2n) is 8.65. The Morgan fingerprint density at radius 1 is 0.774 bits per heavy atom. The zero-order valence-corrected chi connectivity index (χ0v) is 19.7. The maximum absolute atomic E-state index is 12.3. The Kier molecular flexibility index (Phi) is 12.7. The number of amides is 1. The predicted molar refractivity (Wildman–Crippen MR) is 132 cm³/mol. The Morgan fingerprint density at radius 3 is 1.97 bits per heavy atom. The van der Waals surface area contributed by atoms with E-state index in [4.69, 9.17) is 0 Å². The third kappa shape index (κ3) is 10.6. The number of hydrogen-bond acceptors (Lipinski definition) is 2. The lowest BCUT2D eigenvalue weighted by atomic mass is 10.1. The van der Waals surface area contributed by atoms with Crippen LogP contribution in [0.15, 0.2) is 54.6 Å². The molecule has 0 bridgehead atoms. The summed E-state index contributed by atoms with van der Waals surface area (Å²) in [6.45, 7) is 5.99. The van der Waals surface area contributed by atoms with Gasteiger partial charge in [-0.05, 0) is 36.6 Å². The molecule has 0 aliphatic heterocycles. The molecule has 0 aromatic heterocycles. The van der Waals surface area contributed by atoms with E-state index in [-0.39, 0.29) is 5.91 Å². The number of carbonyl (C=O) groups is 1. The van der Waals surface area contributed by atoms with E-state index in [1.807, 2.05) is 30.3 Å². The van der Waals surface area contributed by atoms with Crippen LogP contribution >= 0.6 is 0 Å². The zero-order chi connectivity index (χ0) is 22.2. The average Bonchev–Trinajstić information content (AvgIpc) is 2.81. The predicted octanol–water partition coefficient (Wildman–Crippen LogP) is 7.19. The van der Waals surface area contributed by atoms with Crippen molar-refractivity contribution in [3.63, 3.8) is 0 Å². The van der Waals surface area contributed by atoms with Crippen molar-refractivity contribution in [3.8, 4) is 0 Å². The third-order valence-corrected chi connectivity index (χ3v) is 5.94. The molecule has 1 atom stereocenters. The molecule has 0 radical (unpaired) electrons. The summed E-state index contributed by atoms with van der Waals surface area (Å²) in [4.78, 5) is 12.3. The molecule has 3 heteroatoms. The molecular formula is C28H42N2O. The van der Waals surface area contributed by atoms with Gasteiger partial charge in [-0.15, -0.1) is 0 Å². The van der Waals surface area contributed by atoms with Crippen LogP contribution in [0.5, 0.6) is 0 Å². The van der Waals surface area contributed by atoms with Gasteiger partial charge in [0.15, 0.2) is 0 Å². The molecule has 0 fully saturated rings. The molecule has 0 heterocycles. The van der Waals surface area contributed by atoms with Crippen molar-refractivity contribution < 1.29 is 4.79 Å². The maximum Gasteiger partial charge on any atom is 0.251 e. The standard InChI is InChI=1S/C28H42N2O/c1-3-4-5-6-7-8-9-10-11-15-22-29-28(31)27-20-18-25(19-21-27)23-30-24(2)26-16-13-12-14-17-26/h12-14,16-21,24,30H,3-11,15,22-23H2,1-2H3,(H,29,31)/t24-/m1/s1. The monoisotopic (exact) mass is 422 g/mol. The Bertz CT molecular complexity index is 712. The molecule has 0 spiro atoms. The molecule has 2 rings (SSSR count). The van der Waals surface area contributed by atoms with Gasteiger partial charge in [-0.2, -0.15) is 0 Å². The largest absolute Gasteiger partial charge is 0.352 e. The van der Waals surface area contributed by atoms with E-state index >= 15 is 0 Å². The third-order valence-electron chi connectivity index (χ3n) is 5.94. The van der Waals surface area contributed by atoms with Gasteiger partial charge in [-0.25, -0.2) is 0 Å². The van der Waals surface area contributed by atoms with Crippen LogP contribution in [0.3, 0.4) is 0 Å². The van der Waals surface area contributed by atoms with Gasteiger partial charge in [0.1, 0.15) is 0 Å². The fraction of sp³-hybridized carbons (Fsp3) is 0.536. The summed E-state index contributed by atoms with van der Waals surface area (Å²) in [6, 6.07) is 18.7. The Hall–Kier alpha value is -2.13. The van der Waals surface area contributed by atoms with Crippen molar-refractivity contribution in [1.82, 2.24) is 10.6 Å². The maximum atomic E-state index is 12.3. The molecule has 2 N–H and O–H groups in total. The van der Waals surface area contributed by atoms with E-state index < -0.39 is 0 Å². The molecule has 0 saturated heterocycles. The van der Waals surface area contributed by atoms with Crippen LogP contribution in [-0.2, 0) is 6.54 Å². The van der Waals surface area contributed by atoms with E-state index in [0.717, 1.165) is 25.1 Å². The molecule has 0 aliphatic rings. The molecule has 3 nitrogen and oxygen atoms in total. The summed E-state index contributed by atoms with van der Waals surface area (Å²) < 4.78 is 0. The van der Waals surface area contributed by atoms with Gasteiger partial charge in [0.05, 0.1) is 0 Å². The molecule has 2 aromatic rings. The zero-order valence-electron chi connectivity index (χ0n) is 19.7. The van der Waals surface area contributed by atoms with Crippen molar-refractivity contribution in [3.05, 3.63) is 71.3 Å². The van der Waals surface area contributed by atoms with Crippen LogP contribution in [0.1, 0.15) is 106 Å². The first kappa shape index (κ1) is 25.1. The minimum atomic E-state index is 0.0353. The van der Waals surface area contributed by atoms with Crippen LogP contribution in [-0.4, -0.2) is 12.5 Å². The summed E-state index contributed by atoms with van der Waals surface area (Å²) in [5, 5.41) is 6.60. The van der Waals surface area contributed by atoms with Gasteiger partial charge >= 0.3 is 0 Å². The summed E-state index contributed by atoms with van der Waals surface area (Å²) in [5.41, 5.74) is 3.21. The van der Waals surface area contributed by atoms with Crippen LogP contribution in [0, 0.1) is 0 Å². The van der Waals surface area contributed by atoms with Crippen LogP contribution in [0.2, 0.25) is 0 Å². The normalized spacial score (nSPS) is 11.9. The van der Waals surface area contributed by atoms with E-state index in [1.165, 1.54) is 68.9 Å². The number of benzene rings is 2. The van der Waals surface area contributed by atoms with Gasteiger partial charge in [0, 0.05) is 24.7 Å². The highest BCUT2D eigenvalue weighted by Crippen LogP contribution is 2.13. The molecule has 1 amide bonds. The SMILES string of the molecule is CCCCCCCCCCCCNC(=O)c1ccc(CN[C@H](C)c2ccccc2)cc1. The highest BCUT2D eigenvalue weighted by Gasteiger charge is 2.06. The Morgan fingerprint density at radius 2 is 1.35 bits per heavy atom. The van der Waals surface area contributed by atoms with Crippen molar-refractivity contribution in [2.45, 2.75) is 90.6 Å². The fourth-order valence-electron chi connectivity index (χ4n) is 3.82. The highest BCUT2D eigenvalue weighted by atomic mass is 16.1. The van der Waals surface area contributed by atoms with Crippen molar-refractivity contribution >= 4 is 5.91 Å². The minimum Gasteiger partial charge on any atom is -0.352 e. The molecule has 31 heavy (non-hydrogen) atoms. The average molecular weight is 423 g/mol. The van der Waals surface area contributed by atoms with E-state index in [1.54, 1.807) is 0 Å². The minimum absolute atomic E-state index is 0.0353. The van der Waals surface area contributed by atoms with Crippen LogP contribution in [0.25, 0.3) is 0 Å². The molecule has 0 aliphatic carbocycles. The summed E-state index contributed by atoms with van der Waals surface area (Å²) in [6.07, 6.45) is 13.1. The molecule has 2 aromatic carbocycles. The molecular weight excluding hydrogens is 380 g/mol. The van der Waals surface area contributed by atoms with E-state index in [2.05, 4.69) is 48.7 Å². The summed E-state index contributed by atoms with van der Waals surface area (Å²) >= 11 is 0. The summed E-state index contributed by atoms with van der Waals surface area (Å²) in [7, 11) is 0. The van der Waals surface area contributed by atoms with Gasteiger partial charge in [0.25, 0.3) is 5.91 Å². The van der Waals surface area contributed by atoms with Gasteiger partial charge in [0.2, 0.25) is 0 Å². The van der Waals surface area contributed by atoms with Crippen LogP contribution < -0.4 is 10.6 Å². The fourth-order valence-corrected chi connectivity index (χ4v) is 3.82. The molecule has 0 unspecified atom stereocenters. The lowest BCUT2D eigenvalue weighted by molar-refractivity contribution is 0.0953. The van der Waals surface area contributed by atoms with Crippen molar-refractivity contribution in [2.75, 3.05) is 6.54 Å². The van der Waals surface area contributed by atoms with E-state index in [9.17, 15) is 4.79 Å². The lowest BCUT2D eigenvalue weighted by Crippen LogP contribution is -2.24. The number of carbonyl (C=O) groups excluding carboxylic acids is 1. The first-order chi connectivity index (χ1) is 15.2. The van der Waals surface area contributed by atoms with Crippen molar-refractivity contribution in [1.29, 1.82) is 0 Å². The number of unbranched alkanes of at least 4 members (excludes halogenated alkanes) is 9. The first-order valence-electron chi connectivity index (χ1n) is 12.4. The Balaban J connectivity index is 1.55. The smallest absolute Gasteiger partial charge is 0.251 e. The number of hydrogen-bond donors (Lipinski definition) is 2. The quantitative estimate of drug-likeness (QED) is 0.281. The topological polar surface area (TPSA) is 41.1 Å². The van der Waals surface area contributed by atoms with E-state index in [0.29, 0.717) is 6.04 Å². The molecule has 170 valence electrons. The lowest BCUT2D eigenvalue weighted by Gasteiger charge is -2.14. The molecule has 0 saturated carbocycles. The Labute approximate surface area is 190 Å². The number of rotatable bonds is 16. The van der Waals surface area contributed by atoms with Gasteiger partial charge in [-0.1, -0.05) is 107 Å². The first-order valence-corrected chi connectivity index (χ1v) is 12.4. The number of nitrogens with one attached hydrogen (secondary N) is 2. The second kappa shape index (κ2) is 15.6. The van der Waals surface area contributed by atoms with Gasteiger partial charge in [-0.3, -0.25) is 4.79 Å². The van der Waals surface area contributed by atoms with Crippen LogP contribution in [0.4, 0.5) is 0 Å². The summed E-state index contributed by atoms with van der Waals surface area (Å²) in [5.74, 6) is 0.0353. The highest BCUT2D eigenvalue weighted by molar-refractivity contribution is 5.94. The second-order valence-corrected chi connectivity index (χ2v) is 8.65. The van der Waals surface area contributed by atoms with Crippen molar-refractivity contribution in [2.24, 2.45) is 0 Å².